The number of anilines is 1. The maximum absolute atomic E-state index is 12.2. The molecule has 8 heteroatoms. The summed E-state index contributed by atoms with van der Waals surface area (Å²) in [5.74, 6) is 0.310. The Morgan fingerprint density at radius 3 is 2.58 bits per heavy atom. The lowest BCUT2D eigenvalue weighted by molar-refractivity contribution is 0.423. The van der Waals surface area contributed by atoms with Gasteiger partial charge in [0.05, 0.1) is 9.48 Å². The molecule has 0 amide bonds. The van der Waals surface area contributed by atoms with Gasteiger partial charge in [-0.3, -0.25) is 0 Å². The number of aromatic nitrogens is 1. The van der Waals surface area contributed by atoms with Crippen molar-refractivity contribution in [1.29, 1.82) is 0 Å². The Balaban J connectivity index is 2.28. The van der Waals surface area contributed by atoms with Crippen LogP contribution in [0.15, 0.2) is 25.3 Å². The molecule has 2 aromatic heterocycles. The molecule has 1 N–H and O–H groups in total. The van der Waals surface area contributed by atoms with Crippen molar-refractivity contribution in [2.24, 2.45) is 0 Å². The minimum atomic E-state index is -3.64. The number of halogens is 1. The van der Waals surface area contributed by atoms with E-state index in [1.165, 1.54) is 11.3 Å². The number of hydrogen-bond acceptors (Lipinski definition) is 5. The highest BCUT2D eigenvalue weighted by Gasteiger charge is 2.21. The predicted octanol–water partition coefficient (Wildman–Crippen LogP) is 3.73. The lowest BCUT2D eigenvalue weighted by Gasteiger charge is -2.03. The van der Waals surface area contributed by atoms with E-state index in [0.717, 1.165) is 3.79 Å². The molecular formula is C11H13BrN2O3S2. The minimum absolute atomic E-state index is 0.130. The van der Waals surface area contributed by atoms with Crippen molar-refractivity contribution in [2.45, 2.75) is 31.6 Å². The molecule has 5 nitrogen and oxygen atoms in total. The Hall–Kier alpha value is -0.860. The van der Waals surface area contributed by atoms with E-state index in [9.17, 15) is 8.42 Å². The fourth-order valence-electron chi connectivity index (χ4n) is 1.49. The Bertz CT molecular complexity index is 689. The molecule has 0 unspecified atom stereocenters. The molecule has 0 aliphatic carbocycles. The van der Waals surface area contributed by atoms with Gasteiger partial charge >= 0.3 is 0 Å². The van der Waals surface area contributed by atoms with Crippen LogP contribution < -0.4 is 4.72 Å². The first-order valence-corrected chi connectivity index (χ1v) is 8.64. The number of sulfonamides is 1. The average molecular weight is 365 g/mol. The van der Waals surface area contributed by atoms with Gasteiger partial charge in [-0.15, -0.1) is 11.3 Å². The minimum Gasteiger partial charge on any atom is -0.338 e. The van der Waals surface area contributed by atoms with Crippen molar-refractivity contribution in [3.05, 3.63) is 26.5 Å². The van der Waals surface area contributed by atoms with Crippen molar-refractivity contribution in [3.8, 4) is 0 Å². The number of aryl methyl sites for hydroxylation is 1. The van der Waals surface area contributed by atoms with Crippen molar-refractivity contribution in [2.75, 3.05) is 4.72 Å². The van der Waals surface area contributed by atoms with E-state index < -0.39 is 10.0 Å². The second-order valence-corrected chi connectivity index (χ2v) is 8.63. The summed E-state index contributed by atoms with van der Waals surface area (Å²) in [4.78, 5) is 0.954. The van der Waals surface area contributed by atoms with E-state index in [1.54, 1.807) is 19.1 Å². The number of nitrogens with zero attached hydrogens (tertiary/aromatic N) is 1. The first kappa shape index (κ1) is 14.5. The lowest BCUT2D eigenvalue weighted by Crippen LogP contribution is -2.12. The lowest BCUT2D eigenvalue weighted by atomic mass is 10.1. The highest BCUT2D eigenvalue weighted by atomic mass is 79.9. The van der Waals surface area contributed by atoms with Gasteiger partial charge in [-0.2, -0.15) is 0 Å². The van der Waals surface area contributed by atoms with E-state index >= 15 is 0 Å². The van der Waals surface area contributed by atoms with Crippen LogP contribution in [0.1, 0.15) is 30.3 Å². The predicted molar refractivity (Wildman–Crippen MR) is 78.2 cm³/mol. The van der Waals surface area contributed by atoms with Gasteiger partial charge in [0.25, 0.3) is 10.0 Å². The molecule has 0 fully saturated rings. The van der Waals surface area contributed by atoms with Crippen LogP contribution in [0.25, 0.3) is 0 Å². The molecule has 0 spiro atoms. The van der Waals surface area contributed by atoms with Crippen molar-refractivity contribution in [1.82, 2.24) is 5.16 Å². The molecule has 0 bridgehead atoms. The van der Waals surface area contributed by atoms with E-state index in [4.69, 9.17) is 4.52 Å². The number of nitrogens with one attached hydrogen (secondary N) is 1. The van der Waals surface area contributed by atoms with Gasteiger partial charge in [0.2, 0.25) is 5.88 Å². The topological polar surface area (TPSA) is 72.2 Å². The number of thiophene rings is 1. The van der Waals surface area contributed by atoms with Gasteiger partial charge in [-0.1, -0.05) is 19.0 Å². The SMILES string of the molecule is Cc1sc(Br)cc1S(=O)(=O)Nc1cc(C(C)C)no1. The molecule has 2 heterocycles. The second kappa shape index (κ2) is 5.26. The van der Waals surface area contributed by atoms with Crippen molar-refractivity contribution < 1.29 is 12.9 Å². The molecular weight excluding hydrogens is 352 g/mol. The second-order valence-electron chi connectivity index (χ2n) is 4.35. The maximum atomic E-state index is 12.2. The maximum Gasteiger partial charge on any atom is 0.265 e. The molecule has 2 aromatic rings. The summed E-state index contributed by atoms with van der Waals surface area (Å²) >= 11 is 4.64. The molecule has 0 radical (unpaired) electrons. The fraction of sp³-hybridized carbons (Fsp3) is 0.364. The van der Waals surface area contributed by atoms with Crippen LogP contribution in [0.3, 0.4) is 0 Å². The molecule has 0 atom stereocenters. The summed E-state index contributed by atoms with van der Waals surface area (Å²) in [6.45, 7) is 5.66. The quantitative estimate of drug-likeness (QED) is 0.896. The monoisotopic (exact) mass is 364 g/mol. The Morgan fingerprint density at radius 1 is 1.42 bits per heavy atom. The van der Waals surface area contributed by atoms with Crippen LogP contribution >= 0.6 is 27.3 Å². The summed E-state index contributed by atoms with van der Waals surface area (Å²) < 4.78 is 32.5. The summed E-state index contributed by atoms with van der Waals surface area (Å²) in [5.41, 5.74) is 0.709. The van der Waals surface area contributed by atoms with Crippen LogP contribution in [0.5, 0.6) is 0 Å². The smallest absolute Gasteiger partial charge is 0.265 e. The number of rotatable bonds is 4. The van der Waals surface area contributed by atoms with E-state index in [2.05, 4.69) is 25.8 Å². The first-order valence-electron chi connectivity index (χ1n) is 5.55. The summed E-state index contributed by atoms with van der Waals surface area (Å²) in [5, 5.41) is 3.81. The largest absolute Gasteiger partial charge is 0.338 e. The van der Waals surface area contributed by atoms with E-state index in [1.807, 2.05) is 13.8 Å². The third-order valence-corrected chi connectivity index (χ3v) is 5.64. The molecule has 0 aromatic carbocycles. The standard InChI is InChI=1S/C11H13BrN2O3S2/c1-6(2)8-4-11(17-13-8)14-19(15,16)9-5-10(12)18-7(9)3/h4-6,14H,1-3H3. The summed E-state index contributed by atoms with van der Waals surface area (Å²) in [7, 11) is -3.64. The van der Waals surface area contributed by atoms with Crippen molar-refractivity contribution in [3.63, 3.8) is 0 Å². The Labute approximate surface area is 124 Å². The zero-order valence-corrected chi connectivity index (χ0v) is 13.8. The average Bonchev–Trinajstić information content (AvgIpc) is 2.85. The van der Waals surface area contributed by atoms with E-state index in [0.29, 0.717) is 10.6 Å². The van der Waals surface area contributed by atoms with Crippen LogP contribution in [0, 0.1) is 6.92 Å². The van der Waals surface area contributed by atoms with Crippen molar-refractivity contribution >= 4 is 43.2 Å². The fourth-order valence-corrected chi connectivity index (χ4v) is 4.88. The normalized spacial score (nSPS) is 12.1. The molecule has 0 aliphatic rings. The summed E-state index contributed by atoms with van der Waals surface area (Å²) in [6, 6.07) is 3.17. The van der Waals surface area contributed by atoms with Crippen LogP contribution in [-0.4, -0.2) is 13.6 Å². The van der Waals surface area contributed by atoms with Gasteiger partial charge in [0.15, 0.2) is 0 Å². The molecule has 104 valence electrons. The zero-order chi connectivity index (χ0) is 14.2. The third-order valence-electron chi connectivity index (χ3n) is 2.49. The first-order chi connectivity index (χ1) is 8.79. The highest BCUT2D eigenvalue weighted by Crippen LogP contribution is 2.31. The van der Waals surface area contributed by atoms with Gasteiger partial charge in [-0.25, -0.2) is 13.1 Å². The van der Waals surface area contributed by atoms with Gasteiger partial charge in [-0.05, 0) is 34.8 Å². The van der Waals surface area contributed by atoms with Crippen LogP contribution in [0.4, 0.5) is 5.88 Å². The Kier molecular flexibility index (Phi) is 4.03. The zero-order valence-electron chi connectivity index (χ0n) is 10.6. The molecule has 0 aliphatic heterocycles. The van der Waals surface area contributed by atoms with Gasteiger partial charge in [0.1, 0.15) is 4.90 Å². The number of hydrogen-bond donors (Lipinski definition) is 1. The Morgan fingerprint density at radius 2 is 2.11 bits per heavy atom. The highest BCUT2D eigenvalue weighted by molar-refractivity contribution is 9.11. The van der Waals surface area contributed by atoms with Crippen LogP contribution in [-0.2, 0) is 10.0 Å². The van der Waals surface area contributed by atoms with Gasteiger partial charge in [0, 0.05) is 10.9 Å². The third kappa shape index (κ3) is 3.18. The van der Waals surface area contributed by atoms with Gasteiger partial charge < -0.3 is 4.52 Å². The molecule has 0 saturated heterocycles. The van der Waals surface area contributed by atoms with Crippen LogP contribution in [0.2, 0.25) is 0 Å². The molecule has 2 rings (SSSR count). The summed E-state index contributed by atoms with van der Waals surface area (Å²) in [6.07, 6.45) is 0. The van der Waals surface area contributed by atoms with E-state index in [-0.39, 0.29) is 16.7 Å². The molecule has 0 saturated carbocycles. The molecule has 19 heavy (non-hydrogen) atoms.